The summed E-state index contributed by atoms with van der Waals surface area (Å²) >= 11 is 0. The van der Waals surface area contributed by atoms with Crippen molar-refractivity contribution >= 4 is 0 Å². The molecule has 0 aromatic rings. The van der Waals surface area contributed by atoms with Crippen LogP contribution in [0.3, 0.4) is 0 Å². The average Bonchev–Trinajstić information content (AvgIpc) is 2.84. The molecule has 0 saturated carbocycles. The fraction of sp³-hybridized carbons (Fsp3) is 1.00. The third kappa shape index (κ3) is 3.46. The Kier molecular flexibility index (Phi) is 5.05. The van der Waals surface area contributed by atoms with E-state index in [1.54, 1.807) is 0 Å². The second-order valence-corrected chi connectivity index (χ2v) is 6.12. The van der Waals surface area contributed by atoms with Crippen molar-refractivity contribution in [2.75, 3.05) is 19.8 Å². The Bertz CT molecular complexity index is 259. The lowest BCUT2D eigenvalue weighted by Crippen LogP contribution is -2.46. The van der Waals surface area contributed by atoms with Gasteiger partial charge < -0.3 is 14.8 Å². The first kappa shape index (κ1) is 14.3. The van der Waals surface area contributed by atoms with Crippen molar-refractivity contribution in [3.63, 3.8) is 0 Å². The highest BCUT2D eigenvalue weighted by Gasteiger charge is 2.33. The molecule has 2 fully saturated rings. The smallest absolute Gasteiger partial charge is 0.0666 e. The van der Waals surface area contributed by atoms with E-state index in [1.165, 1.54) is 6.42 Å². The van der Waals surface area contributed by atoms with Crippen LogP contribution in [0.2, 0.25) is 0 Å². The third-order valence-corrected chi connectivity index (χ3v) is 4.76. The molecule has 1 N–H and O–H groups in total. The molecule has 2 aliphatic rings. The van der Waals surface area contributed by atoms with Crippen LogP contribution in [0, 0.1) is 5.92 Å². The predicted octanol–water partition coefficient (Wildman–Crippen LogP) is 2.74. The van der Waals surface area contributed by atoms with E-state index in [9.17, 15) is 0 Å². The zero-order valence-electron chi connectivity index (χ0n) is 12.2. The summed E-state index contributed by atoms with van der Waals surface area (Å²) in [6.45, 7) is 9.66. The third-order valence-electron chi connectivity index (χ3n) is 4.76. The van der Waals surface area contributed by atoms with E-state index in [0.717, 1.165) is 45.4 Å². The fourth-order valence-electron chi connectivity index (χ4n) is 3.25. The molecule has 3 nitrogen and oxygen atoms in total. The minimum Gasteiger partial charge on any atom is -0.378 e. The SMILES string of the molecule is CCC1OCCC1CNC1CCOC(C)(CC)C1. The number of ether oxygens (including phenoxy) is 2. The van der Waals surface area contributed by atoms with Gasteiger partial charge in [-0.05, 0) is 44.9 Å². The van der Waals surface area contributed by atoms with Crippen LogP contribution in [0.25, 0.3) is 0 Å². The molecule has 3 heteroatoms. The molecule has 0 bridgehead atoms. The van der Waals surface area contributed by atoms with Gasteiger partial charge in [0, 0.05) is 25.8 Å². The molecule has 2 saturated heterocycles. The summed E-state index contributed by atoms with van der Waals surface area (Å²) in [7, 11) is 0. The van der Waals surface area contributed by atoms with Crippen molar-refractivity contribution in [1.29, 1.82) is 0 Å². The topological polar surface area (TPSA) is 30.5 Å². The van der Waals surface area contributed by atoms with Gasteiger partial charge in [-0.1, -0.05) is 13.8 Å². The zero-order chi connectivity index (χ0) is 13.0. The van der Waals surface area contributed by atoms with Gasteiger partial charge in [0.05, 0.1) is 11.7 Å². The van der Waals surface area contributed by atoms with Crippen molar-refractivity contribution in [3.8, 4) is 0 Å². The van der Waals surface area contributed by atoms with Gasteiger partial charge in [0.15, 0.2) is 0 Å². The quantitative estimate of drug-likeness (QED) is 0.819. The van der Waals surface area contributed by atoms with E-state index in [4.69, 9.17) is 9.47 Å². The molecule has 18 heavy (non-hydrogen) atoms. The van der Waals surface area contributed by atoms with E-state index in [-0.39, 0.29) is 5.60 Å². The minimum atomic E-state index is 0.0895. The maximum atomic E-state index is 5.89. The Morgan fingerprint density at radius 3 is 2.78 bits per heavy atom. The molecule has 0 amide bonds. The Morgan fingerprint density at radius 1 is 1.22 bits per heavy atom. The highest BCUT2D eigenvalue weighted by Crippen LogP contribution is 2.28. The van der Waals surface area contributed by atoms with Crippen molar-refractivity contribution in [3.05, 3.63) is 0 Å². The molecule has 0 aromatic carbocycles. The molecule has 2 rings (SSSR count). The molecule has 0 aliphatic carbocycles. The predicted molar refractivity (Wildman–Crippen MR) is 73.8 cm³/mol. The van der Waals surface area contributed by atoms with Crippen LogP contribution in [-0.4, -0.2) is 37.5 Å². The van der Waals surface area contributed by atoms with Crippen LogP contribution in [0.4, 0.5) is 0 Å². The molecule has 2 aliphatic heterocycles. The summed E-state index contributed by atoms with van der Waals surface area (Å²) in [5.74, 6) is 0.714. The van der Waals surface area contributed by atoms with Crippen LogP contribution in [0.1, 0.15) is 52.9 Å². The lowest BCUT2D eigenvalue weighted by atomic mass is 9.89. The Hall–Kier alpha value is -0.120. The highest BCUT2D eigenvalue weighted by molar-refractivity contribution is 4.87. The van der Waals surface area contributed by atoms with Gasteiger partial charge in [-0.3, -0.25) is 0 Å². The van der Waals surface area contributed by atoms with Crippen molar-refractivity contribution in [2.24, 2.45) is 5.92 Å². The van der Waals surface area contributed by atoms with Gasteiger partial charge >= 0.3 is 0 Å². The van der Waals surface area contributed by atoms with E-state index in [1.807, 2.05) is 0 Å². The van der Waals surface area contributed by atoms with Gasteiger partial charge in [-0.15, -0.1) is 0 Å². The van der Waals surface area contributed by atoms with Gasteiger partial charge in [0.25, 0.3) is 0 Å². The standard InChI is InChI=1S/C15H29NO2/c1-4-14-12(6-8-17-14)11-16-13-7-9-18-15(3,5-2)10-13/h12-14,16H,4-11H2,1-3H3. The second-order valence-electron chi connectivity index (χ2n) is 6.12. The summed E-state index contributed by atoms with van der Waals surface area (Å²) in [5, 5.41) is 3.76. The number of hydrogen-bond donors (Lipinski definition) is 1. The molecule has 0 radical (unpaired) electrons. The fourth-order valence-corrected chi connectivity index (χ4v) is 3.25. The van der Waals surface area contributed by atoms with Crippen LogP contribution in [0.5, 0.6) is 0 Å². The number of hydrogen-bond acceptors (Lipinski definition) is 3. The summed E-state index contributed by atoms with van der Waals surface area (Å²) in [6, 6.07) is 0.627. The second kappa shape index (κ2) is 6.36. The lowest BCUT2D eigenvalue weighted by Gasteiger charge is -2.38. The Balaban J connectivity index is 1.76. The van der Waals surface area contributed by atoms with E-state index in [2.05, 4.69) is 26.1 Å². The number of nitrogens with one attached hydrogen (secondary N) is 1. The normalized spacial score (nSPS) is 41.2. The monoisotopic (exact) mass is 255 g/mol. The van der Waals surface area contributed by atoms with E-state index in [0.29, 0.717) is 18.1 Å². The molecule has 106 valence electrons. The Labute approximate surface area is 112 Å². The molecule has 4 unspecified atom stereocenters. The first-order valence-corrected chi connectivity index (χ1v) is 7.66. The van der Waals surface area contributed by atoms with Crippen LogP contribution in [0.15, 0.2) is 0 Å². The van der Waals surface area contributed by atoms with Crippen LogP contribution < -0.4 is 5.32 Å². The van der Waals surface area contributed by atoms with Crippen LogP contribution >= 0.6 is 0 Å². The number of rotatable bonds is 5. The first-order chi connectivity index (χ1) is 8.67. The average molecular weight is 255 g/mol. The summed E-state index contributed by atoms with van der Waals surface area (Å²) in [4.78, 5) is 0. The highest BCUT2D eigenvalue weighted by atomic mass is 16.5. The molecule has 0 spiro atoms. The van der Waals surface area contributed by atoms with Crippen molar-refractivity contribution < 1.29 is 9.47 Å². The molecule has 4 atom stereocenters. The minimum absolute atomic E-state index is 0.0895. The summed E-state index contributed by atoms with van der Waals surface area (Å²) in [5.41, 5.74) is 0.0895. The molecule has 2 heterocycles. The molecule has 0 aromatic heterocycles. The van der Waals surface area contributed by atoms with Gasteiger partial charge in [-0.25, -0.2) is 0 Å². The molecular formula is C15H29NO2. The van der Waals surface area contributed by atoms with Crippen molar-refractivity contribution in [1.82, 2.24) is 5.32 Å². The lowest BCUT2D eigenvalue weighted by molar-refractivity contribution is -0.0784. The van der Waals surface area contributed by atoms with Gasteiger partial charge in [0.1, 0.15) is 0 Å². The van der Waals surface area contributed by atoms with Crippen molar-refractivity contribution in [2.45, 2.75) is 70.6 Å². The summed E-state index contributed by atoms with van der Waals surface area (Å²) < 4.78 is 11.6. The van der Waals surface area contributed by atoms with Crippen LogP contribution in [-0.2, 0) is 9.47 Å². The van der Waals surface area contributed by atoms with Gasteiger partial charge in [0.2, 0.25) is 0 Å². The first-order valence-electron chi connectivity index (χ1n) is 7.66. The van der Waals surface area contributed by atoms with E-state index < -0.39 is 0 Å². The van der Waals surface area contributed by atoms with E-state index >= 15 is 0 Å². The largest absolute Gasteiger partial charge is 0.378 e. The zero-order valence-corrected chi connectivity index (χ0v) is 12.2. The maximum Gasteiger partial charge on any atom is 0.0666 e. The maximum absolute atomic E-state index is 5.89. The summed E-state index contributed by atoms with van der Waals surface area (Å²) in [6.07, 6.45) is 6.25. The molecular weight excluding hydrogens is 226 g/mol. The van der Waals surface area contributed by atoms with Gasteiger partial charge in [-0.2, -0.15) is 0 Å². The Morgan fingerprint density at radius 2 is 2.06 bits per heavy atom.